The largest absolute Gasteiger partial charge is 0.462 e. The Morgan fingerprint density at radius 2 is 1.98 bits per heavy atom. The van der Waals surface area contributed by atoms with Gasteiger partial charge in [-0.05, 0) is 43.8 Å². The molecule has 1 unspecified atom stereocenters. The van der Waals surface area contributed by atoms with Crippen LogP contribution in [0.15, 0.2) is 64.6 Å². The molecule has 1 saturated heterocycles. The summed E-state index contributed by atoms with van der Waals surface area (Å²) in [6, 6.07) is 12.1. The second-order valence-electron chi connectivity index (χ2n) is 9.70. The number of azide groups is 1. The van der Waals surface area contributed by atoms with Gasteiger partial charge in [-0.15, -0.1) is 0 Å². The SMILES string of the molecule is CC(C)OC(=O)[C@H](C)NP(=O)(OC[C@@]1(N=[N+]=[N-])O[C@@H](n2ccc(N)nc2=O)[C@H](O)[C@@H]1O)Oc1cccc2ccccc12. The van der Waals surface area contributed by atoms with Gasteiger partial charge >= 0.3 is 19.4 Å². The summed E-state index contributed by atoms with van der Waals surface area (Å²) in [5.74, 6) is -0.740. The number of nitrogens with two attached hydrogens (primary N) is 1. The van der Waals surface area contributed by atoms with E-state index in [0.717, 1.165) is 16.2 Å². The summed E-state index contributed by atoms with van der Waals surface area (Å²) in [5.41, 5.74) is 11.5. The van der Waals surface area contributed by atoms with Crippen molar-refractivity contribution in [1.82, 2.24) is 14.6 Å². The molecule has 42 heavy (non-hydrogen) atoms. The summed E-state index contributed by atoms with van der Waals surface area (Å²) in [6.45, 7) is 3.69. The van der Waals surface area contributed by atoms with Crippen molar-refractivity contribution in [3.63, 3.8) is 0 Å². The topological polar surface area (TPSA) is 233 Å². The number of aliphatic hydroxyl groups excluding tert-OH is 2. The van der Waals surface area contributed by atoms with Gasteiger partial charge in [-0.1, -0.05) is 41.5 Å². The Morgan fingerprint density at radius 3 is 2.67 bits per heavy atom. The van der Waals surface area contributed by atoms with Crippen LogP contribution in [0.4, 0.5) is 5.82 Å². The van der Waals surface area contributed by atoms with Gasteiger partial charge in [0.2, 0.25) is 5.72 Å². The molecular weight excluding hydrogens is 573 g/mol. The number of aliphatic hydroxyl groups is 2. The Labute approximate surface area is 239 Å². The normalized spacial score (nSPS) is 24.1. The standard InChI is InChI=1S/C25H30N7O9P/c1-14(2)39-23(35)15(3)29-42(37,41-18-10-6-8-16-7-4-5-9-17(16)18)38-13-25(30-31-27)21(34)20(33)22(40-25)32-12-11-19(26)28-24(32)36/h4-12,14-15,20-22,33-34H,13H2,1-3H3,(H,29,37)(H2,26,28,36)/t15-,20+,21-,22+,25+,42?/m0/s1. The van der Waals surface area contributed by atoms with E-state index in [9.17, 15) is 29.9 Å². The fourth-order valence-electron chi connectivity index (χ4n) is 4.22. The van der Waals surface area contributed by atoms with Crippen molar-refractivity contribution >= 4 is 30.3 Å². The van der Waals surface area contributed by atoms with Crippen LogP contribution >= 0.6 is 7.75 Å². The van der Waals surface area contributed by atoms with Crippen LogP contribution in [0.1, 0.15) is 27.0 Å². The predicted octanol–water partition coefficient (Wildman–Crippen LogP) is 2.37. The summed E-state index contributed by atoms with van der Waals surface area (Å²) in [5, 5.41) is 29.0. The van der Waals surface area contributed by atoms with Crippen molar-refractivity contribution in [2.75, 3.05) is 12.3 Å². The van der Waals surface area contributed by atoms with E-state index in [0.29, 0.717) is 5.39 Å². The molecule has 17 heteroatoms. The van der Waals surface area contributed by atoms with Crippen LogP contribution in [-0.2, 0) is 23.4 Å². The van der Waals surface area contributed by atoms with E-state index in [1.807, 2.05) is 0 Å². The number of carbonyl (C=O) groups is 1. The molecule has 0 spiro atoms. The van der Waals surface area contributed by atoms with Crippen LogP contribution in [0, 0.1) is 0 Å². The summed E-state index contributed by atoms with van der Waals surface area (Å²) < 4.78 is 37.3. The van der Waals surface area contributed by atoms with Gasteiger partial charge < -0.3 is 29.9 Å². The lowest BCUT2D eigenvalue weighted by Crippen LogP contribution is -2.46. The minimum Gasteiger partial charge on any atom is -0.462 e. The van der Waals surface area contributed by atoms with E-state index in [2.05, 4.69) is 20.1 Å². The molecule has 6 atom stereocenters. The second kappa shape index (κ2) is 12.5. The van der Waals surface area contributed by atoms with Gasteiger partial charge in [-0.3, -0.25) is 13.9 Å². The maximum atomic E-state index is 14.2. The molecule has 1 aromatic heterocycles. The maximum Gasteiger partial charge on any atom is 0.459 e. The lowest BCUT2D eigenvalue weighted by atomic mass is 10.1. The van der Waals surface area contributed by atoms with Crippen molar-refractivity contribution < 1.29 is 38.1 Å². The van der Waals surface area contributed by atoms with E-state index in [1.165, 1.54) is 19.1 Å². The van der Waals surface area contributed by atoms with Gasteiger partial charge in [-0.25, -0.2) is 9.36 Å². The van der Waals surface area contributed by atoms with Gasteiger partial charge in [0.05, 0.1) is 12.7 Å². The first kappa shape index (κ1) is 30.9. The lowest BCUT2D eigenvalue weighted by molar-refractivity contribution is -0.149. The zero-order chi connectivity index (χ0) is 30.7. The number of hydrogen-bond donors (Lipinski definition) is 4. The number of carbonyl (C=O) groups excluding carboxylic acids is 1. The molecule has 3 aromatic rings. The number of anilines is 1. The van der Waals surface area contributed by atoms with Crippen molar-refractivity contribution in [1.29, 1.82) is 0 Å². The molecular formula is C25H30N7O9P. The number of rotatable bonds is 11. The third-order valence-electron chi connectivity index (χ3n) is 6.21. The minimum atomic E-state index is -4.58. The molecule has 224 valence electrons. The zero-order valence-corrected chi connectivity index (χ0v) is 23.7. The Hall–Kier alpha value is -4.01. The average Bonchev–Trinajstić information content (AvgIpc) is 3.17. The highest BCUT2D eigenvalue weighted by molar-refractivity contribution is 7.52. The minimum absolute atomic E-state index is 0.100. The fourth-order valence-corrected chi connectivity index (χ4v) is 5.75. The molecule has 0 saturated carbocycles. The van der Waals surface area contributed by atoms with Crippen LogP contribution in [0.5, 0.6) is 5.75 Å². The third-order valence-corrected chi connectivity index (χ3v) is 7.82. The first-order valence-electron chi connectivity index (χ1n) is 12.7. The number of nitrogens with zero attached hydrogens (tertiary/aromatic N) is 5. The number of esters is 1. The molecule has 0 bridgehead atoms. The van der Waals surface area contributed by atoms with Crippen LogP contribution in [0.3, 0.4) is 0 Å². The zero-order valence-electron chi connectivity index (χ0n) is 22.8. The van der Waals surface area contributed by atoms with Crippen LogP contribution in [0.2, 0.25) is 0 Å². The quantitative estimate of drug-likeness (QED) is 0.0813. The molecule has 2 heterocycles. The summed E-state index contributed by atoms with van der Waals surface area (Å²) in [4.78, 5) is 31.2. The van der Waals surface area contributed by atoms with Crippen LogP contribution in [0.25, 0.3) is 21.2 Å². The summed E-state index contributed by atoms with van der Waals surface area (Å²) >= 11 is 0. The monoisotopic (exact) mass is 603 g/mol. The van der Waals surface area contributed by atoms with Gasteiger partial charge in [0, 0.05) is 16.5 Å². The molecule has 1 aliphatic rings. The molecule has 16 nitrogen and oxygen atoms in total. The van der Waals surface area contributed by atoms with E-state index in [-0.39, 0.29) is 11.6 Å². The Balaban J connectivity index is 1.68. The third kappa shape index (κ3) is 6.55. The number of aromatic nitrogens is 2. The number of fused-ring (bicyclic) bond motifs is 1. The highest BCUT2D eigenvalue weighted by atomic mass is 31.2. The first-order chi connectivity index (χ1) is 19.9. The van der Waals surface area contributed by atoms with Gasteiger partial charge in [0.25, 0.3) is 0 Å². The van der Waals surface area contributed by atoms with Crippen LogP contribution in [-0.4, -0.2) is 62.4 Å². The van der Waals surface area contributed by atoms with Crippen molar-refractivity contribution in [2.45, 2.75) is 57.1 Å². The molecule has 1 aliphatic heterocycles. The van der Waals surface area contributed by atoms with Crippen molar-refractivity contribution in [3.05, 3.63) is 75.7 Å². The molecule has 2 aromatic carbocycles. The Morgan fingerprint density at radius 1 is 1.26 bits per heavy atom. The van der Waals surface area contributed by atoms with Crippen molar-refractivity contribution in [2.24, 2.45) is 5.11 Å². The Bertz CT molecular complexity index is 1610. The Kier molecular flexibility index (Phi) is 9.18. The van der Waals surface area contributed by atoms with Crippen LogP contribution < -0.4 is 21.0 Å². The molecule has 0 amide bonds. The molecule has 4 rings (SSSR count). The van der Waals surface area contributed by atoms with Gasteiger partial charge in [-0.2, -0.15) is 10.1 Å². The highest BCUT2D eigenvalue weighted by Gasteiger charge is 2.56. The predicted molar refractivity (Wildman–Crippen MR) is 149 cm³/mol. The number of nitrogens with one attached hydrogen (secondary N) is 1. The molecule has 0 radical (unpaired) electrons. The van der Waals surface area contributed by atoms with E-state index < -0.39 is 62.3 Å². The second-order valence-corrected chi connectivity index (χ2v) is 11.4. The van der Waals surface area contributed by atoms with E-state index in [1.54, 1.807) is 50.2 Å². The van der Waals surface area contributed by atoms with Gasteiger partial charge in [0.1, 0.15) is 29.8 Å². The number of ether oxygens (including phenoxy) is 2. The summed E-state index contributed by atoms with van der Waals surface area (Å²) in [6.07, 6.45) is -4.70. The number of benzene rings is 2. The average molecular weight is 604 g/mol. The molecule has 1 fully saturated rings. The number of nitrogen functional groups attached to an aromatic ring is 1. The van der Waals surface area contributed by atoms with E-state index in [4.69, 9.17) is 24.3 Å². The smallest absolute Gasteiger partial charge is 0.459 e. The van der Waals surface area contributed by atoms with Gasteiger partial charge in [0.15, 0.2) is 6.23 Å². The highest BCUT2D eigenvalue weighted by Crippen LogP contribution is 2.49. The first-order valence-corrected chi connectivity index (χ1v) is 14.3. The lowest BCUT2D eigenvalue weighted by Gasteiger charge is -2.30. The van der Waals surface area contributed by atoms with Crippen molar-refractivity contribution in [3.8, 4) is 5.75 Å². The van der Waals surface area contributed by atoms with E-state index >= 15 is 0 Å². The number of hydrogen-bond acceptors (Lipinski definition) is 12. The molecule has 0 aliphatic carbocycles. The fraction of sp³-hybridized carbons (Fsp3) is 0.400. The summed E-state index contributed by atoms with van der Waals surface area (Å²) in [7, 11) is -4.58. The maximum absolute atomic E-state index is 14.2. The molecule has 5 N–H and O–H groups in total.